The third-order valence-electron chi connectivity index (χ3n) is 5.34. The van der Waals surface area contributed by atoms with E-state index in [0.717, 1.165) is 10.6 Å². The maximum Gasteiger partial charge on any atom is 0.262 e. The number of carbonyl (C=O) groups is 3. The zero-order chi connectivity index (χ0) is 25.1. The Bertz CT molecular complexity index is 961. The summed E-state index contributed by atoms with van der Waals surface area (Å²) in [6.07, 6.45) is 4.26. The van der Waals surface area contributed by atoms with E-state index in [-0.39, 0.29) is 12.3 Å². The van der Waals surface area contributed by atoms with Crippen molar-refractivity contribution in [2.45, 2.75) is 39.7 Å². The molecule has 0 saturated heterocycles. The molecule has 0 unspecified atom stereocenters. The Morgan fingerprint density at radius 2 is 1.53 bits per heavy atom. The van der Waals surface area contributed by atoms with E-state index in [1.807, 2.05) is 50.3 Å². The topological polar surface area (TPSA) is 125 Å². The van der Waals surface area contributed by atoms with Crippen LogP contribution in [0, 0.1) is 17.8 Å². The quantitative estimate of drug-likeness (QED) is 0.316. The normalized spacial score (nSPS) is 13.8. The number of para-hydroxylation sites is 1. The molecule has 5 N–H and O–H groups in total. The third kappa shape index (κ3) is 7.83. The van der Waals surface area contributed by atoms with Crippen molar-refractivity contribution < 1.29 is 19.6 Å². The Hall–Kier alpha value is -3.49. The lowest BCUT2D eigenvalue weighted by Crippen LogP contribution is -2.55. The highest BCUT2D eigenvalue weighted by Crippen LogP contribution is 2.26. The summed E-state index contributed by atoms with van der Waals surface area (Å²) in [6, 6.07) is 17.3. The second kappa shape index (κ2) is 13.3. The minimum absolute atomic E-state index is 0.0807. The van der Waals surface area contributed by atoms with Crippen LogP contribution in [-0.2, 0) is 14.4 Å². The molecule has 0 aromatic heterocycles. The molecule has 2 aromatic rings. The minimum atomic E-state index is -0.852. The first-order chi connectivity index (χ1) is 16.2. The highest BCUT2D eigenvalue weighted by atomic mass is 16.5. The van der Waals surface area contributed by atoms with E-state index < -0.39 is 35.6 Å². The molecule has 0 radical (unpaired) electrons. The van der Waals surface area contributed by atoms with Crippen molar-refractivity contribution in [2.75, 3.05) is 5.01 Å². The van der Waals surface area contributed by atoms with Crippen LogP contribution in [-0.4, -0.2) is 29.0 Å². The summed E-state index contributed by atoms with van der Waals surface area (Å²) in [4.78, 5) is 38.8. The van der Waals surface area contributed by atoms with Gasteiger partial charge in [-0.05, 0) is 43.4 Å². The number of nitrogens with two attached hydrogens (primary N) is 1. The highest BCUT2D eigenvalue weighted by Gasteiger charge is 2.35. The molecule has 2 aromatic carbocycles. The van der Waals surface area contributed by atoms with E-state index in [9.17, 15) is 19.6 Å². The lowest BCUT2D eigenvalue weighted by atomic mass is 9.82. The lowest BCUT2D eigenvalue weighted by Gasteiger charge is -2.30. The molecule has 0 aliphatic carbocycles. The predicted octanol–water partition coefficient (Wildman–Crippen LogP) is 3.29. The molecule has 0 aliphatic rings. The van der Waals surface area contributed by atoms with Gasteiger partial charge in [0.1, 0.15) is 0 Å². The average molecular weight is 467 g/mol. The second-order valence-corrected chi connectivity index (χ2v) is 8.64. The van der Waals surface area contributed by atoms with Gasteiger partial charge >= 0.3 is 0 Å². The number of nitrogens with zero attached hydrogens (tertiary/aromatic N) is 1. The van der Waals surface area contributed by atoms with Crippen molar-refractivity contribution in [3.63, 3.8) is 0 Å². The average Bonchev–Trinajstić information content (AvgIpc) is 2.84. The molecule has 0 bridgehead atoms. The van der Waals surface area contributed by atoms with Crippen LogP contribution in [0.25, 0.3) is 6.08 Å². The summed E-state index contributed by atoms with van der Waals surface area (Å²) in [5.41, 5.74) is 11.6. The van der Waals surface area contributed by atoms with Crippen LogP contribution in [0.15, 0.2) is 66.7 Å². The summed E-state index contributed by atoms with van der Waals surface area (Å²) in [7, 11) is 0. The molecule has 3 amide bonds. The van der Waals surface area contributed by atoms with Crippen LogP contribution >= 0.6 is 0 Å². The first-order valence-electron chi connectivity index (χ1n) is 11.3. The van der Waals surface area contributed by atoms with Crippen molar-refractivity contribution in [3.05, 3.63) is 72.3 Å². The number of carbonyl (C=O) groups excluding carboxylic acids is 3. The summed E-state index contributed by atoms with van der Waals surface area (Å²) in [5, 5.41) is 10.5. The van der Waals surface area contributed by atoms with E-state index in [4.69, 9.17) is 5.73 Å². The summed E-state index contributed by atoms with van der Waals surface area (Å²) < 4.78 is 0. The monoisotopic (exact) mass is 466 g/mol. The molecule has 34 heavy (non-hydrogen) atoms. The van der Waals surface area contributed by atoms with Gasteiger partial charge in [0.2, 0.25) is 11.8 Å². The maximum absolute atomic E-state index is 13.5. The van der Waals surface area contributed by atoms with Crippen LogP contribution in [0.4, 0.5) is 5.69 Å². The molecule has 0 fully saturated rings. The molecule has 0 saturated carbocycles. The molecular weight excluding hydrogens is 432 g/mol. The second-order valence-electron chi connectivity index (χ2n) is 8.64. The van der Waals surface area contributed by atoms with Crippen LogP contribution in [0.5, 0.6) is 0 Å². The zero-order valence-corrected chi connectivity index (χ0v) is 19.8. The molecule has 2 rings (SSSR count). The summed E-state index contributed by atoms with van der Waals surface area (Å²) >= 11 is 0. The van der Waals surface area contributed by atoms with Gasteiger partial charge in [-0.3, -0.25) is 25.0 Å². The number of benzene rings is 2. The Labute approximate surface area is 200 Å². The zero-order valence-electron chi connectivity index (χ0n) is 19.8. The van der Waals surface area contributed by atoms with Crippen LogP contribution in [0.3, 0.4) is 0 Å². The number of nitrogens with one attached hydrogen (secondary N) is 2. The molecule has 182 valence electrons. The van der Waals surface area contributed by atoms with E-state index in [1.54, 1.807) is 41.9 Å². The fourth-order valence-electron chi connectivity index (χ4n) is 3.63. The number of hydrogen-bond acceptors (Lipinski definition) is 5. The van der Waals surface area contributed by atoms with Crippen molar-refractivity contribution in [3.8, 4) is 0 Å². The third-order valence-corrected chi connectivity index (χ3v) is 5.34. The van der Waals surface area contributed by atoms with Gasteiger partial charge in [-0.15, -0.1) is 0 Å². The molecule has 8 nitrogen and oxygen atoms in total. The van der Waals surface area contributed by atoms with Crippen molar-refractivity contribution in [2.24, 2.45) is 23.5 Å². The maximum atomic E-state index is 13.5. The van der Waals surface area contributed by atoms with Gasteiger partial charge < -0.3 is 5.73 Å². The minimum Gasteiger partial charge on any atom is -0.320 e. The number of rotatable bonds is 10. The Balaban J connectivity index is 2.32. The fourth-order valence-corrected chi connectivity index (χ4v) is 3.63. The molecule has 8 heteroatoms. The number of amides is 3. The number of hydrazine groups is 1. The molecule has 0 heterocycles. The Morgan fingerprint density at radius 1 is 0.941 bits per heavy atom. The predicted molar refractivity (Wildman–Crippen MR) is 132 cm³/mol. The lowest BCUT2D eigenvalue weighted by molar-refractivity contribution is -0.141. The van der Waals surface area contributed by atoms with E-state index in [0.29, 0.717) is 12.1 Å². The van der Waals surface area contributed by atoms with E-state index >= 15 is 0 Å². The smallest absolute Gasteiger partial charge is 0.262 e. The SMILES string of the molecule is CC(C)C[C@@H](C(=O)NN(C(=O)[C@H](C)N)c1ccccc1)[C@H](C/C=C/c1ccccc1)C(=O)NO. The molecule has 0 spiro atoms. The van der Waals surface area contributed by atoms with Crippen LogP contribution in [0.1, 0.15) is 39.2 Å². The Morgan fingerprint density at radius 3 is 2.06 bits per heavy atom. The van der Waals surface area contributed by atoms with Crippen molar-refractivity contribution in [1.82, 2.24) is 10.9 Å². The van der Waals surface area contributed by atoms with E-state index in [1.165, 1.54) is 6.92 Å². The first kappa shape index (κ1) is 26.8. The highest BCUT2D eigenvalue weighted by molar-refractivity contribution is 6.00. The van der Waals surface area contributed by atoms with Gasteiger partial charge in [0.15, 0.2) is 0 Å². The van der Waals surface area contributed by atoms with E-state index in [2.05, 4.69) is 5.43 Å². The fraction of sp³-hybridized carbons (Fsp3) is 0.346. The van der Waals surface area contributed by atoms with Gasteiger partial charge in [-0.1, -0.05) is 74.5 Å². The number of hydroxylamine groups is 1. The number of allylic oxidation sites excluding steroid dienone is 1. The molecule has 3 atom stereocenters. The van der Waals surface area contributed by atoms with Gasteiger partial charge in [0.05, 0.1) is 23.6 Å². The molecule has 0 aliphatic heterocycles. The standard InChI is InChI=1S/C26H34N4O4/c1-18(2)17-23(22(25(32)29-34)16-10-13-20-11-6-4-7-12-20)24(31)28-30(26(33)19(3)27)21-14-8-5-9-15-21/h4-15,18-19,22-23,34H,16-17,27H2,1-3H3,(H,28,31)(H,29,32)/b13-10+/t19-,22-,23+/m0/s1. The molecular formula is C26H34N4O4. The van der Waals surface area contributed by atoms with Gasteiger partial charge in [-0.25, -0.2) is 10.5 Å². The van der Waals surface area contributed by atoms with Crippen molar-refractivity contribution in [1.29, 1.82) is 0 Å². The first-order valence-corrected chi connectivity index (χ1v) is 11.3. The Kier molecular flexibility index (Phi) is 10.4. The largest absolute Gasteiger partial charge is 0.320 e. The summed E-state index contributed by atoms with van der Waals surface area (Å²) in [5.74, 6) is -3.24. The number of anilines is 1. The van der Waals surface area contributed by atoms with Crippen LogP contribution < -0.4 is 21.6 Å². The van der Waals surface area contributed by atoms with Gasteiger partial charge in [0.25, 0.3) is 5.91 Å². The number of hydrogen-bond donors (Lipinski definition) is 4. The van der Waals surface area contributed by atoms with Gasteiger partial charge in [-0.2, -0.15) is 0 Å². The van der Waals surface area contributed by atoms with Gasteiger partial charge in [0, 0.05) is 0 Å². The van der Waals surface area contributed by atoms with Crippen LogP contribution in [0.2, 0.25) is 0 Å². The van der Waals surface area contributed by atoms with Crippen molar-refractivity contribution >= 4 is 29.5 Å². The summed E-state index contributed by atoms with van der Waals surface area (Å²) in [6.45, 7) is 5.42.